The van der Waals surface area contributed by atoms with Crippen LogP contribution in [0.15, 0.2) is 53.2 Å². The fraction of sp³-hybridized carbons (Fsp3) is 0. The second-order valence-electron chi connectivity index (χ2n) is 3.53. The van der Waals surface area contributed by atoms with E-state index in [0.29, 0.717) is 17.0 Å². The Labute approximate surface area is 104 Å². The highest BCUT2D eigenvalue weighted by Gasteiger charge is 1.98. The fourth-order valence-corrected chi connectivity index (χ4v) is 1.36. The van der Waals surface area contributed by atoms with Gasteiger partial charge in [-0.15, -0.1) is 0 Å². The predicted molar refractivity (Wildman–Crippen MR) is 67.5 cm³/mol. The number of furan rings is 1. The lowest BCUT2D eigenvalue weighted by Gasteiger charge is -2.01. The van der Waals surface area contributed by atoms with Crippen molar-refractivity contribution in [2.75, 3.05) is 5.32 Å². The van der Waals surface area contributed by atoms with Gasteiger partial charge in [0.2, 0.25) is 5.91 Å². The number of hydrogen-bond acceptors (Lipinski definition) is 3. The quantitative estimate of drug-likeness (QED) is 0.836. The van der Waals surface area contributed by atoms with Crippen molar-refractivity contribution in [2.45, 2.75) is 0 Å². The zero-order chi connectivity index (χ0) is 12.8. The van der Waals surface area contributed by atoms with Crippen molar-refractivity contribution < 1.29 is 9.21 Å². The number of amides is 1. The first-order valence-corrected chi connectivity index (χ1v) is 5.30. The third kappa shape index (κ3) is 3.09. The summed E-state index contributed by atoms with van der Waals surface area (Å²) >= 11 is 0. The summed E-state index contributed by atoms with van der Waals surface area (Å²) in [5.41, 5.74) is 1.20. The van der Waals surface area contributed by atoms with Crippen molar-refractivity contribution in [1.29, 1.82) is 5.26 Å². The van der Waals surface area contributed by atoms with Crippen molar-refractivity contribution in [2.24, 2.45) is 0 Å². The number of anilines is 1. The summed E-state index contributed by atoms with van der Waals surface area (Å²) in [4.78, 5) is 11.6. The van der Waals surface area contributed by atoms with E-state index < -0.39 is 0 Å². The van der Waals surface area contributed by atoms with Gasteiger partial charge in [-0.3, -0.25) is 4.79 Å². The molecule has 88 valence electrons. The molecular weight excluding hydrogens is 228 g/mol. The molecule has 1 amide bonds. The van der Waals surface area contributed by atoms with Crippen LogP contribution in [0.2, 0.25) is 0 Å². The highest BCUT2D eigenvalue weighted by atomic mass is 16.3. The second-order valence-corrected chi connectivity index (χ2v) is 3.53. The molecule has 4 nitrogen and oxygen atoms in total. The monoisotopic (exact) mass is 238 g/mol. The molecule has 4 heteroatoms. The molecule has 1 N–H and O–H groups in total. The summed E-state index contributed by atoms with van der Waals surface area (Å²) in [5.74, 6) is 0.362. The molecular formula is C14H10N2O2. The van der Waals surface area contributed by atoms with E-state index in [1.165, 1.54) is 12.3 Å². The Morgan fingerprint density at radius 2 is 2.06 bits per heavy atom. The van der Waals surface area contributed by atoms with Crippen LogP contribution in [-0.2, 0) is 4.79 Å². The van der Waals surface area contributed by atoms with Crippen LogP contribution < -0.4 is 5.32 Å². The van der Waals surface area contributed by atoms with Gasteiger partial charge in [0.05, 0.1) is 17.9 Å². The van der Waals surface area contributed by atoms with Gasteiger partial charge >= 0.3 is 0 Å². The molecule has 1 aromatic heterocycles. The lowest BCUT2D eigenvalue weighted by molar-refractivity contribution is -0.111. The van der Waals surface area contributed by atoms with Crippen LogP contribution in [0.1, 0.15) is 11.3 Å². The zero-order valence-electron chi connectivity index (χ0n) is 9.46. The predicted octanol–water partition coefficient (Wildman–Crippen LogP) is 2.80. The normalized spacial score (nSPS) is 10.2. The van der Waals surface area contributed by atoms with Gasteiger partial charge in [0.1, 0.15) is 5.76 Å². The summed E-state index contributed by atoms with van der Waals surface area (Å²) in [6.07, 6.45) is 4.51. The Bertz CT molecular complexity index is 590. The van der Waals surface area contributed by atoms with Gasteiger partial charge in [-0.25, -0.2) is 0 Å². The Hall–Kier alpha value is -2.80. The van der Waals surface area contributed by atoms with Gasteiger partial charge in [0.25, 0.3) is 0 Å². The van der Waals surface area contributed by atoms with Crippen LogP contribution in [0.5, 0.6) is 0 Å². The highest BCUT2D eigenvalue weighted by molar-refractivity contribution is 6.01. The first-order chi connectivity index (χ1) is 8.78. The lowest BCUT2D eigenvalue weighted by Crippen LogP contribution is -2.07. The minimum absolute atomic E-state index is 0.254. The maximum Gasteiger partial charge on any atom is 0.248 e. The summed E-state index contributed by atoms with van der Waals surface area (Å²) in [5, 5.41) is 11.3. The largest absolute Gasteiger partial charge is 0.465 e. The third-order valence-corrected chi connectivity index (χ3v) is 2.22. The first-order valence-electron chi connectivity index (χ1n) is 5.30. The Kier molecular flexibility index (Phi) is 3.57. The summed E-state index contributed by atoms with van der Waals surface area (Å²) in [7, 11) is 0. The molecule has 0 unspecified atom stereocenters. The molecule has 0 aliphatic carbocycles. The molecule has 0 atom stereocenters. The summed E-state index contributed by atoms with van der Waals surface area (Å²) in [6.45, 7) is 0. The van der Waals surface area contributed by atoms with Gasteiger partial charge in [-0.05, 0) is 42.5 Å². The Balaban J connectivity index is 1.97. The standard InChI is InChI=1S/C14H10N2O2/c15-10-11-3-5-12(6-4-11)16-14(17)8-7-13-2-1-9-18-13/h1-9H,(H,16,17). The average molecular weight is 238 g/mol. The van der Waals surface area contributed by atoms with E-state index in [4.69, 9.17) is 9.68 Å². The van der Waals surface area contributed by atoms with E-state index in [9.17, 15) is 4.79 Å². The lowest BCUT2D eigenvalue weighted by atomic mass is 10.2. The molecule has 2 aromatic rings. The van der Waals surface area contributed by atoms with Crippen LogP contribution in [-0.4, -0.2) is 5.91 Å². The van der Waals surface area contributed by atoms with Gasteiger partial charge in [0.15, 0.2) is 0 Å². The minimum Gasteiger partial charge on any atom is -0.465 e. The van der Waals surface area contributed by atoms with Crippen molar-refractivity contribution in [3.63, 3.8) is 0 Å². The van der Waals surface area contributed by atoms with E-state index in [1.54, 1.807) is 42.5 Å². The van der Waals surface area contributed by atoms with E-state index in [0.717, 1.165) is 0 Å². The maximum atomic E-state index is 11.6. The molecule has 0 fully saturated rings. The van der Waals surface area contributed by atoms with Crippen molar-refractivity contribution in [3.05, 3.63) is 60.1 Å². The maximum absolute atomic E-state index is 11.6. The Morgan fingerprint density at radius 3 is 2.67 bits per heavy atom. The van der Waals surface area contributed by atoms with Crippen LogP contribution in [0, 0.1) is 11.3 Å². The molecule has 1 heterocycles. The number of benzene rings is 1. The molecule has 0 saturated heterocycles. The van der Waals surface area contributed by atoms with Crippen LogP contribution in [0.4, 0.5) is 5.69 Å². The number of nitriles is 1. The smallest absolute Gasteiger partial charge is 0.248 e. The number of hydrogen-bond donors (Lipinski definition) is 1. The molecule has 18 heavy (non-hydrogen) atoms. The van der Waals surface area contributed by atoms with E-state index >= 15 is 0 Å². The van der Waals surface area contributed by atoms with Gasteiger partial charge in [0, 0.05) is 11.8 Å². The number of nitrogens with zero attached hydrogens (tertiary/aromatic N) is 1. The number of carbonyl (C=O) groups is 1. The van der Waals surface area contributed by atoms with Gasteiger partial charge in [-0.1, -0.05) is 0 Å². The number of carbonyl (C=O) groups excluding carboxylic acids is 1. The molecule has 0 aliphatic rings. The molecule has 0 spiro atoms. The summed E-state index contributed by atoms with van der Waals surface area (Å²) < 4.78 is 5.06. The van der Waals surface area contributed by atoms with Crippen LogP contribution in [0.25, 0.3) is 6.08 Å². The number of nitrogens with one attached hydrogen (secondary N) is 1. The first kappa shape index (κ1) is 11.7. The average Bonchev–Trinajstić information content (AvgIpc) is 2.90. The van der Waals surface area contributed by atoms with Crippen molar-refractivity contribution in [1.82, 2.24) is 0 Å². The molecule has 0 radical (unpaired) electrons. The van der Waals surface area contributed by atoms with Gasteiger partial charge in [-0.2, -0.15) is 5.26 Å². The van der Waals surface area contributed by atoms with Crippen LogP contribution in [0.3, 0.4) is 0 Å². The SMILES string of the molecule is N#Cc1ccc(NC(=O)C=Cc2ccco2)cc1. The van der Waals surface area contributed by atoms with Gasteiger partial charge < -0.3 is 9.73 Å². The molecule has 1 aromatic carbocycles. The molecule has 0 bridgehead atoms. The summed E-state index contributed by atoms with van der Waals surface area (Å²) in [6, 6.07) is 12.2. The fourth-order valence-electron chi connectivity index (χ4n) is 1.36. The second kappa shape index (κ2) is 5.51. The van der Waals surface area contributed by atoms with E-state index in [-0.39, 0.29) is 5.91 Å². The molecule has 2 rings (SSSR count). The van der Waals surface area contributed by atoms with Crippen LogP contribution >= 0.6 is 0 Å². The minimum atomic E-state index is -0.254. The number of rotatable bonds is 3. The molecule has 0 aliphatic heterocycles. The van der Waals surface area contributed by atoms with Crippen molar-refractivity contribution >= 4 is 17.7 Å². The van der Waals surface area contributed by atoms with Crippen molar-refractivity contribution in [3.8, 4) is 6.07 Å². The zero-order valence-corrected chi connectivity index (χ0v) is 9.46. The topological polar surface area (TPSA) is 66.0 Å². The Morgan fingerprint density at radius 1 is 1.28 bits per heavy atom. The highest BCUT2D eigenvalue weighted by Crippen LogP contribution is 2.09. The van der Waals surface area contributed by atoms with E-state index in [2.05, 4.69) is 5.32 Å². The third-order valence-electron chi connectivity index (χ3n) is 2.22. The van der Waals surface area contributed by atoms with E-state index in [1.807, 2.05) is 6.07 Å². The molecule has 0 saturated carbocycles.